The molecule has 0 bridgehead atoms. The minimum absolute atomic E-state index is 0.00717. The second kappa shape index (κ2) is 24.6. The number of nitrogen functional groups attached to an aromatic ring is 2. The number of hydrogen-bond acceptors (Lipinski definition) is 14. The highest BCUT2D eigenvalue weighted by atomic mass is 35.5. The van der Waals surface area contributed by atoms with Crippen LogP contribution in [0.5, 0.6) is 0 Å². The Morgan fingerprint density at radius 2 is 1.23 bits per heavy atom. The fourth-order valence-electron chi connectivity index (χ4n) is 3.32. The molecule has 5 heterocycles. The molecule has 56 heavy (non-hydrogen) atoms. The van der Waals surface area contributed by atoms with Crippen molar-refractivity contribution in [3.8, 4) is 5.82 Å². The molecule has 2 amide bonds. The van der Waals surface area contributed by atoms with E-state index in [9.17, 15) is 24.0 Å². The number of amides is 2. The number of aromatic carboxylic acids is 1. The minimum atomic E-state index is -1.11. The van der Waals surface area contributed by atoms with Crippen molar-refractivity contribution in [3.05, 3.63) is 120 Å². The Morgan fingerprint density at radius 1 is 0.750 bits per heavy atom. The Labute approximate surface area is 340 Å². The second-order valence-corrected chi connectivity index (χ2v) is 12.6. The molecule has 5 aromatic rings. The first-order valence-electron chi connectivity index (χ1n) is 15.7. The number of pyridine rings is 2. The van der Waals surface area contributed by atoms with E-state index in [-0.39, 0.29) is 56.3 Å². The molecule has 0 aromatic carbocycles. The van der Waals surface area contributed by atoms with E-state index in [0.717, 1.165) is 12.7 Å². The zero-order valence-electron chi connectivity index (χ0n) is 30.9. The SMILES string of the molecule is CCCNC.CN(C)C(=O)c1cnc(-n2cc(Cl)cc(N)c2=O)cn1.CN(C)C(=O)c1cnc(Cl)cn1.Nc1cc(Cl)c[nH]c1=O.O=C(O)c1cnc(Cl)cn1. The number of rotatable bonds is 6. The van der Waals surface area contributed by atoms with Gasteiger partial charge in [-0.1, -0.05) is 53.3 Å². The molecule has 0 spiro atoms. The Kier molecular flexibility index (Phi) is 21.2. The molecule has 5 aromatic heterocycles. The van der Waals surface area contributed by atoms with Gasteiger partial charge >= 0.3 is 5.97 Å². The van der Waals surface area contributed by atoms with E-state index in [1.54, 1.807) is 28.2 Å². The van der Waals surface area contributed by atoms with Gasteiger partial charge in [0.15, 0.2) is 11.5 Å². The summed E-state index contributed by atoms with van der Waals surface area (Å²) < 4.78 is 1.18. The highest BCUT2D eigenvalue weighted by Crippen LogP contribution is 2.12. The standard InChI is InChI=1S/C12H12ClN5O2.C7H8ClN3O.C5H3ClN2O2.C5H5ClN2O.C4H11N/c1-17(2)12(20)9-4-16-10(5-15-9)18-6-7(13)3-8(14)11(18)19;1-11(2)7(12)5-3-10-6(8)4-9-5;6-4-2-7-3(1-8-4)5(9)10;6-3-1-4(7)5(9)8-2-3;1-3-4-5-2/h3-6H,14H2,1-2H3;3-4H,1-2H3;1-2H,(H,9,10);1-2H,7H2,(H,8,9);5H,3-4H2,1-2H3. The van der Waals surface area contributed by atoms with Gasteiger partial charge in [-0.25, -0.2) is 34.7 Å². The smallest absolute Gasteiger partial charge is 0.356 e. The number of aromatic nitrogens is 8. The van der Waals surface area contributed by atoms with Crippen LogP contribution in [0.4, 0.5) is 11.4 Å². The Morgan fingerprint density at radius 3 is 1.59 bits per heavy atom. The predicted molar refractivity (Wildman–Crippen MR) is 215 cm³/mol. The van der Waals surface area contributed by atoms with Gasteiger partial charge in [0.05, 0.1) is 58.6 Å². The van der Waals surface area contributed by atoms with Gasteiger partial charge < -0.3 is 36.7 Å². The third-order valence-electron chi connectivity index (χ3n) is 6.00. The first-order chi connectivity index (χ1) is 26.3. The summed E-state index contributed by atoms with van der Waals surface area (Å²) in [5, 5.41) is 12.6. The number of anilines is 2. The molecule has 300 valence electrons. The van der Waals surface area contributed by atoms with Gasteiger partial charge in [-0.3, -0.25) is 23.7 Å². The molecule has 5 rings (SSSR count). The number of aromatic amines is 1. The zero-order valence-corrected chi connectivity index (χ0v) is 33.9. The molecular weight excluding hydrogens is 816 g/mol. The fourth-order valence-corrected chi connectivity index (χ4v) is 3.90. The highest BCUT2D eigenvalue weighted by Gasteiger charge is 2.12. The number of hydrogen-bond donors (Lipinski definition) is 5. The Balaban J connectivity index is 0.000000376. The largest absolute Gasteiger partial charge is 0.476 e. The molecular formula is C33H39Cl4N13O6. The molecule has 0 atom stereocenters. The first-order valence-corrected chi connectivity index (χ1v) is 17.2. The lowest BCUT2D eigenvalue weighted by atomic mass is 10.4. The highest BCUT2D eigenvalue weighted by molar-refractivity contribution is 6.31. The molecule has 7 N–H and O–H groups in total. The lowest BCUT2D eigenvalue weighted by molar-refractivity contribution is 0.0689. The van der Waals surface area contributed by atoms with Gasteiger partial charge in [0, 0.05) is 40.6 Å². The van der Waals surface area contributed by atoms with Crippen LogP contribution in [0.2, 0.25) is 20.4 Å². The van der Waals surface area contributed by atoms with Gasteiger partial charge in [0.2, 0.25) is 0 Å². The van der Waals surface area contributed by atoms with Crippen LogP contribution in [-0.4, -0.2) is 114 Å². The van der Waals surface area contributed by atoms with Crippen molar-refractivity contribution in [1.82, 2.24) is 54.6 Å². The van der Waals surface area contributed by atoms with Gasteiger partial charge in [-0.15, -0.1) is 0 Å². The summed E-state index contributed by atoms with van der Waals surface area (Å²) in [7, 11) is 8.49. The third kappa shape index (κ3) is 17.2. The average molecular weight is 856 g/mol. The van der Waals surface area contributed by atoms with Crippen LogP contribution in [-0.2, 0) is 0 Å². The van der Waals surface area contributed by atoms with Crippen molar-refractivity contribution >= 4 is 75.6 Å². The summed E-state index contributed by atoms with van der Waals surface area (Å²) in [5.41, 5.74) is 10.5. The van der Waals surface area contributed by atoms with Crippen molar-refractivity contribution in [2.45, 2.75) is 13.3 Å². The molecule has 19 nitrogen and oxygen atoms in total. The van der Waals surface area contributed by atoms with Crippen LogP contribution in [0.15, 0.2) is 71.3 Å². The molecule has 23 heteroatoms. The van der Waals surface area contributed by atoms with Crippen molar-refractivity contribution in [3.63, 3.8) is 0 Å². The molecule has 0 unspecified atom stereocenters. The number of carboxylic acids is 1. The fraction of sp³-hybridized carbons (Fsp3) is 0.242. The maximum Gasteiger partial charge on any atom is 0.356 e. The van der Waals surface area contributed by atoms with E-state index in [4.69, 9.17) is 63.0 Å². The molecule has 0 saturated carbocycles. The van der Waals surface area contributed by atoms with Gasteiger partial charge in [-0.05, 0) is 32.1 Å². The Bertz CT molecular complexity index is 2130. The number of halogens is 4. The normalized spacial score (nSPS) is 9.68. The number of carbonyl (C=O) groups is 3. The molecule has 0 aliphatic heterocycles. The van der Waals surface area contributed by atoms with Crippen LogP contribution in [0.1, 0.15) is 44.8 Å². The summed E-state index contributed by atoms with van der Waals surface area (Å²) >= 11 is 22.2. The Hall–Kier alpha value is -5.73. The minimum Gasteiger partial charge on any atom is -0.476 e. The maximum atomic E-state index is 11.9. The summed E-state index contributed by atoms with van der Waals surface area (Å²) in [6, 6.07) is 2.76. The first kappa shape index (κ1) is 48.3. The number of nitrogens with one attached hydrogen (secondary N) is 2. The van der Waals surface area contributed by atoms with Crippen molar-refractivity contribution < 1.29 is 19.5 Å². The summed E-state index contributed by atoms with van der Waals surface area (Å²) in [6.07, 6.45) is 11.6. The van der Waals surface area contributed by atoms with E-state index in [2.05, 4.69) is 47.1 Å². The lowest BCUT2D eigenvalue weighted by Crippen LogP contribution is -2.24. The van der Waals surface area contributed by atoms with Crippen LogP contribution in [0.3, 0.4) is 0 Å². The molecule has 0 saturated heterocycles. The van der Waals surface area contributed by atoms with Crippen LogP contribution >= 0.6 is 46.4 Å². The van der Waals surface area contributed by atoms with Crippen molar-refractivity contribution in [1.29, 1.82) is 0 Å². The average Bonchev–Trinajstić information content (AvgIpc) is 3.16. The zero-order chi connectivity index (χ0) is 42.5. The van der Waals surface area contributed by atoms with Crippen molar-refractivity contribution in [2.24, 2.45) is 0 Å². The van der Waals surface area contributed by atoms with Crippen LogP contribution in [0, 0.1) is 0 Å². The van der Waals surface area contributed by atoms with Crippen LogP contribution < -0.4 is 27.9 Å². The number of carboxylic acid groups (broad SMARTS) is 1. The number of nitrogens with zero attached hydrogens (tertiary/aromatic N) is 9. The monoisotopic (exact) mass is 853 g/mol. The molecule has 0 aliphatic carbocycles. The molecule has 0 aliphatic rings. The summed E-state index contributed by atoms with van der Waals surface area (Å²) in [5.74, 6) is -1.33. The summed E-state index contributed by atoms with van der Waals surface area (Å²) in [6.45, 7) is 3.29. The van der Waals surface area contributed by atoms with Gasteiger partial charge in [0.25, 0.3) is 22.9 Å². The molecule has 0 radical (unpaired) electrons. The maximum absolute atomic E-state index is 11.9. The number of nitrogens with two attached hydrogens (primary N) is 2. The van der Waals surface area contributed by atoms with Crippen molar-refractivity contribution in [2.75, 3.05) is 53.3 Å². The van der Waals surface area contributed by atoms with E-state index in [1.807, 2.05) is 7.05 Å². The van der Waals surface area contributed by atoms with E-state index in [0.29, 0.717) is 15.7 Å². The lowest BCUT2D eigenvalue weighted by Gasteiger charge is -2.10. The van der Waals surface area contributed by atoms with E-state index < -0.39 is 11.5 Å². The number of H-pyrrole nitrogens is 1. The third-order valence-corrected chi connectivity index (χ3v) is 6.82. The quantitative estimate of drug-likeness (QED) is 0.164. The number of carbonyl (C=O) groups excluding carboxylic acids is 2. The summed E-state index contributed by atoms with van der Waals surface area (Å²) in [4.78, 5) is 83.2. The van der Waals surface area contributed by atoms with Gasteiger partial charge in [0.1, 0.15) is 21.7 Å². The second-order valence-electron chi connectivity index (χ2n) is 10.9. The van der Waals surface area contributed by atoms with Crippen LogP contribution in [0.25, 0.3) is 5.82 Å². The predicted octanol–water partition coefficient (Wildman–Crippen LogP) is 3.45. The topological polar surface area (TPSA) is 274 Å². The van der Waals surface area contributed by atoms with E-state index in [1.165, 1.54) is 76.3 Å². The van der Waals surface area contributed by atoms with Gasteiger partial charge in [-0.2, -0.15) is 0 Å². The molecule has 0 fully saturated rings. The van der Waals surface area contributed by atoms with E-state index >= 15 is 0 Å².